The zero-order chi connectivity index (χ0) is 17.6. The van der Waals surface area contributed by atoms with Crippen molar-refractivity contribution in [2.45, 2.75) is 6.92 Å². The van der Waals surface area contributed by atoms with Crippen LogP contribution in [0, 0.1) is 0 Å². The van der Waals surface area contributed by atoms with Crippen LogP contribution in [0.4, 0.5) is 22.1 Å². The van der Waals surface area contributed by atoms with Crippen LogP contribution in [-0.4, -0.2) is 49.1 Å². The van der Waals surface area contributed by atoms with Crippen LogP contribution in [0.5, 0.6) is 0 Å². The first-order chi connectivity index (χ1) is 12.2. The fourth-order valence-corrected chi connectivity index (χ4v) is 2.88. The Bertz CT molecular complexity index is 717. The summed E-state index contributed by atoms with van der Waals surface area (Å²) in [4.78, 5) is 15.8. The molecular formula is C17H20ClN5O2. The van der Waals surface area contributed by atoms with Gasteiger partial charge >= 0.3 is 6.09 Å². The van der Waals surface area contributed by atoms with E-state index in [1.165, 1.54) is 0 Å². The van der Waals surface area contributed by atoms with Crippen LogP contribution >= 0.6 is 11.6 Å². The molecule has 1 saturated heterocycles. The van der Waals surface area contributed by atoms with Crippen molar-refractivity contribution in [1.82, 2.24) is 10.2 Å². The van der Waals surface area contributed by atoms with E-state index >= 15 is 0 Å². The van der Waals surface area contributed by atoms with Gasteiger partial charge in [-0.2, -0.15) is 0 Å². The minimum atomic E-state index is -0.528. The number of piperazine rings is 1. The number of carbonyl (C=O) groups is 1. The van der Waals surface area contributed by atoms with Gasteiger partial charge < -0.3 is 14.5 Å². The molecule has 1 fully saturated rings. The average Bonchev–Trinajstić information content (AvgIpc) is 2.63. The number of rotatable bonds is 4. The van der Waals surface area contributed by atoms with E-state index in [9.17, 15) is 4.79 Å². The maximum atomic E-state index is 11.4. The molecule has 7 nitrogen and oxygen atoms in total. The van der Waals surface area contributed by atoms with Crippen LogP contribution < -0.4 is 15.1 Å². The number of aromatic nitrogens is 2. The first-order valence-corrected chi connectivity index (χ1v) is 8.56. The second kappa shape index (κ2) is 8.02. The summed E-state index contributed by atoms with van der Waals surface area (Å²) in [6.07, 6.45) is -0.528. The van der Waals surface area contributed by atoms with Crippen molar-refractivity contribution in [3.63, 3.8) is 0 Å². The molecule has 132 valence electrons. The molecule has 0 saturated carbocycles. The van der Waals surface area contributed by atoms with E-state index < -0.39 is 6.09 Å². The lowest BCUT2D eigenvalue weighted by Crippen LogP contribution is -2.46. The highest BCUT2D eigenvalue weighted by Gasteiger charge is 2.19. The Balaban J connectivity index is 1.56. The highest BCUT2D eigenvalue weighted by Crippen LogP contribution is 2.22. The summed E-state index contributed by atoms with van der Waals surface area (Å²) in [7, 11) is 0. The van der Waals surface area contributed by atoms with Crippen LogP contribution in [-0.2, 0) is 4.74 Å². The van der Waals surface area contributed by atoms with Crippen molar-refractivity contribution < 1.29 is 9.53 Å². The van der Waals surface area contributed by atoms with Gasteiger partial charge in [0.2, 0.25) is 0 Å². The number of hydrogen-bond donors (Lipinski definition) is 1. The van der Waals surface area contributed by atoms with Crippen LogP contribution in [0.2, 0.25) is 5.02 Å². The molecule has 1 aliphatic heterocycles. The number of carbonyl (C=O) groups excluding carboxylic acids is 1. The van der Waals surface area contributed by atoms with Crippen LogP contribution in [0.3, 0.4) is 0 Å². The molecule has 0 unspecified atom stereocenters. The van der Waals surface area contributed by atoms with E-state index in [4.69, 9.17) is 16.3 Å². The number of nitrogens with zero attached hydrogens (tertiary/aromatic N) is 4. The fourth-order valence-electron chi connectivity index (χ4n) is 2.70. The van der Waals surface area contributed by atoms with E-state index in [1.54, 1.807) is 13.0 Å². The van der Waals surface area contributed by atoms with E-state index in [1.807, 2.05) is 24.3 Å². The smallest absolute Gasteiger partial charge is 0.412 e. The van der Waals surface area contributed by atoms with Crippen molar-refractivity contribution >= 4 is 35.0 Å². The molecular weight excluding hydrogens is 342 g/mol. The molecule has 1 aromatic heterocycles. The molecule has 2 heterocycles. The van der Waals surface area contributed by atoms with Gasteiger partial charge in [-0.25, -0.2) is 4.79 Å². The number of anilines is 3. The number of ether oxygens (including phenoxy) is 1. The summed E-state index contributed by atoms with van der Waals surface area (Å²) in [5.41, 5.74) is 1.13. The molecule has 1 N–H and O–H groups in total. The number of amides is 1. The van der Waals surface area contributed by atoms with Gasteiger partial charge in [0.1, 0.15) is 0 Å². The van der Waals surface area contributed by atoms with Gasteiger partial charge in [0.05, 0.1) is 6.61 Å². The maximum Gasteiger partial charge on any atom is 0.412 e. The first kappa shape index (κ1) is 17.3. The Kier molecular flexibility index (Phi) is 5.55. The summed E-state index contributed by atoms with van der Waals surface area (Å²) in [6.45, 7) is 5.50. The molecule has 0 radical (unpaired) electrons. The van der Waals surface area contributed by atoms with Crippen molar-refractivity contribution in [2.24, 2.45) is 0 Å². The minimum Gasteiger partial charge on any atom is -0.450 e. The van der Waals surface area contributed by atoms with Gasteiger partial charge in [0, 0.05) is 36.9 Å². The second-order valence-electron chi connectivity index (χ2n) is 5.58. The van der Waals surface area contributed by atoms with Gasteiger partial charge in [-0.3, -0.25) is 5.32 Å². The zero-order valence-electron chi connectivity index (χ0n) is 14.0. The average molecular weight is 362 g/mol. The molecule has 0 atom stereocenters. The summed E-state index contributed by atoms with van der Waals surface area (Å²) < 4.78 is 4.81. The molecule has 0 aliphatic carbocycles. The normalized spacial score (nSPS) is 14.3. The monoisotopic (exact) mass is 361 g/mol. The topological polar surface area (TPSA) is 70.6 Å². The van der Waals surface area contributed by atoms with Crippen LogP contribution in [0.1, 0.15) is 6.92 Å². The number of nitrogens with one attached hydrogen (secondary N) is 1. The molecule has 2 aromatic rings. The van der Waals surface area contributed by atoms with Crippen molar-refractivity contribution in [2.75, 3.05) is 47.9 Å². The number of halogens is 1. The molecule has 1 aliphatic rings. The van der Waals surface area contributed by atoms with Crippen LogP contribution in [0.25, 0.3) is 0 Å². The Hall–Kier alpha value is -2.54. The molecule has 0 bridgehead atoms. The standard InChI is InChI=1S/C17H20ClN5O2/c1-2-25-17(24)19-15-6-7-16(21-20-15)23-10-8-22(9-11-23)14-5-3-4-13(18)12-14/h3-7,12H,2,8-11H2,1H3,(H,19,20,24). The van der Waals surface area contributed by atoms with Crippen LogP contribution in [0.15, 0.2) is 36.4 Å². The highest BCUT2D eigenvalue weighted by atomic mass is 35.5. The molecule has 8 heteroatoms. The lowest BCUT2D eigenvalue weighted by atomic mass is 10.2. The van der Waals surface area contributed by atoms with Crippen molar-refractivity contribution in [3.05, 3.63) is 41.4 Å². The summed E-state index contributed by atoms with van der Waals surface area (Å²) >= 11 is 6.06. The second-order valence-corrected chi connectivity index (χ2v) is 6.01. The molecule has 3 rings (SSSR count). The van der Waals surface area contributed by atoms with Gasteiger partial charge in [-0.15, -0.1) is 10.2 Å². The van der Waals surface area contributed by atoms with Gasteiger partial charge in [-0.1, -0.05) is 17.7 Å². The molecule has 0 spiro atoms. The van der Waals surface area contributed by atoms with E-state index in [-0.39, 0.29) is 0 Å². The SMILES string of the molecule is CCOC(=O)Nc1ccc(N2CCN(c3cccc(Cl)c3)CC2)nn1. The van der Waals surface area contributed by atoms with E-state index in [2.05, 4.69) is 31.4 Å². The molecule has 1 amide bonds. The summed E-state index contributed by atoms with van der Waals surface area (Å²) in [5.74, 6) is 1.17. The Morgan fingerprint density at radius 2 is 1.92 bits per heavy atom. The lowest BCUT2D eigenvalue weighted by Gasteiger charge is -2.36. The predicted octanol–water partition coefficient (Wildman–Crippen LogP) is 3.03. The van der Waals surface area contributed by atoms with Gasteiger partial charge in [0.25, 0.3) is 0 Å². The Morgan fingerprint density at radius 1 is 1.16 bits per heavy atom. The third-order valence-electron chi connectivity index (χ3n) is 3.93. The minimum absolute atomic E-state index is 0.314. The quantitative estimate of drug-likeness (QED) is 0.902. The lowest BCUT2D eigenvalue weighted by molar-refractivity contribution is 0.168. The van der Waals surface area contributed by atoms with Gasteiger partial charge in [0.15, 0.2) is 11.6 Å². The van der Waals surface area contributed by atoms with Gasteiger partial charge in [-0.05, 0) is 37.3 Å². The zero-order valence-corrected chi connectivity index (χ0v) is 14.7. The van der Waals surface area contributed by atoms with E-state index in [0.29, 0.717) is 12.4 Å². The van der Waals surface area contributed by atoms with Crippen molar-refractivity contribution in [1.29, 1.82) is 0 Å². The number of hydrogen-bond acceptors (Lipinski definition) is 6. The maximum absolute atomic E-state index is 11.4. The third-order valence-corrected chi connectivity index (χ3v) is 4.17. The fraction of sp³-hybridized carbons (Fsp3) is 0.353. The highest BCUT2D eigenvalue weighted by molar-refractivity contribution is 6.30. The Morgan fingerprint density at radius 3 is 2.56 bits per heavy atom. The molecule has 1 aromatic carbocycles. The largest absolute Gasteiger partial charge is 0.450 e. The summed E-state index contributed by atoms with van der Waals surface area (Å²) in [5, 5.41) is 11.5. The third kappa shape index (κ3) is 4.51. The first-order valence-electron chi connectivity index (χ1n) is 8.18. The predicted molar refractivity (Wildman–Crippen MR) is 98.6 cm³/mol. The van der Waals surface area contributed by atoms with Crippen molar-refractivity contribution in [3.8, 4) is 0 Å². The summed E-state index contributed by atoms with van der Waals surface area (Å²) in [6, 6.07) is 11.5. The number of benzene rings is 1. The van der Waals surface area contributed by atoms with E-state index in [0.717, 1.165) is 42.7 Å². The molecule has 25 heavy (non-hydrogen) atoms. The Labute approximate surface area is 151 Å².